The number of nitrogen functional groups attached to an aromatic ring is 1. The summed E-state index contributed by atoms with van der Waals surface area (Å²) in [5.41, 5.74) is 5.60. The van der Waals surface area contributed by atoms with E-state index in [0.29, 0.717) is 0 Å². The predicted molar refractivity (Wildman–Crippen MR) is 70.0 cm³/mol. The Morgan fingerprint density at radius 2 is 2.00 bits per heavy atom. The molecule has 0 spiro atoms. The second-order valence-corrected chi connectivity index (χ2v) is 4.89. The molecule has 0 radical (unpaired) electrons. The molecule has 1 heterocycles. The van der Waals surface area contributed by atoms with Gasteiger partial charge in [-0.15, -0.1) is 11.3 Å². The summed E-state index contributed by atoms with van der Waals surface area (Å²) >= 11 is 0.861. The number of hydrogen-bond acceptors (Lipinski definition) is 4. The van der Waals surface area contributed by atoms with Gasteiger partial charge in [0.05, 0.1) is 12.3 Å². The van der Waals surface area contributed by atoms with E-state index < -0.39 is 23.4 Å². The highest BCUT2D eigenvalue weighted by Gasteiger charge is 2.20. The molecular formula is C13H10F3NO2S. The molecule has 0 saturated heterocycles. The fraction of sp³-hybridized carbons (Fsp3) is 0.154. The number of ether oxygens (including phenoxy) is 1. The topological polar surface area (TPSA) is 52.3 Å². The van der Waals surface area contributed by atoms with Crippen LogP contribution in [0.4, 0.5) is 18.9 Å². The molecule has 0 aliphatic carbocycles. The van der Waals surface area contributed by atoms with E-state index in [9.17, 15) is 18.0 Å². The lowest BCUT2D eigenvalue weighted by Crippen LogP contribution is -2.04. The molecule has 0 fully saturated rings. The molecule has 20 heavy (non-hydrogen) atoms. The standard InChI is InChI=1S/C13H10F3NO2S/c1-2-19-13(18)12-8(17)5-9(20-12)6-3-4-7(14)11(16)10(6)15/h3-5H,2,17H2,1H3. The number of thiophene rings is 1. The van der Waals surface area contributed by atoms with Crippen molar-refractivity contribution in [2.45, 2.75) is 6.92 Å². The summed E-state index contributed by atoms with van der Waals surface area (Å²) in [7, 11) is 0. The van der Waals surface area contributed by atoms with Gasteiger partial charge >= 0.3 is 5.97 Å². The monoisotopic (exact) mass is 301 g/mol. The zero-order valence-electron chi connectivity index (χ0n) is 10.4. The smallest absolute Gasteiger partial charge is 0.350 e. The van der Waals surface area contributed by atoms with Crippen molar-refractivity contribution < 1.29 is 22.7 Å². The Morgan fingerprint density at radius 3 is 2.65 bits per heavy atom. The zero-order valence-corrected chi connectivity index (χ0v) is 11.2. The van der Waals surface area contributed by atoms with Crippen LogP contribution in [0, 0.1) is 17.5 Å². The molecule has 3 nitrogen and oxygen atoms in total. The second-order valence-electron chi connectivity index (χ2n) is 3.84. The average Bonchev–Trinajstić information content (AvgIpc) is 2.78. The van der Waals surface area contributed by atoms with Gasteiger partial charge in [-0.2, -0.15) is 0 Å². The normalized spacial score (nSPS) is 10.6. The van der Waals surface area contributed by atoms with Crippen molar-refractivity contribution in [1.82, 2.24) is 0 Å². The van der Waals surface area contributed by atoms with E-state index >= 15 is 0 Å². The van der Waals surface area contributed by atoms with Crippen LogP contribution in [0.15, 0.2) is 18.2 Å². The molecule has 0 unspecified atom stereocenters. The number of rotatable bonds is 3. The highest BCUT2D eigenvalue weighted by molar-refractivity contribution is 7.18. The van der Waals surface area contributed by atoms with Gasteiger partial charge in [-0.25, -0.2) is 18.0 Å². The molecule has 0 aliphatic heterocycles. The lowest BCUT2D eigenvalue weighted by atomic mass is 10.1. The predicted octanol–water partition coefficient (Wildman–Crippen LogP) is 3.59. The van der Waals surface area contributed by atoms with E-state index in [0.717, 1.165) is 23.5 Å². The molecule has 0 bridgehead atoms. The largest absolute Gasteiger partial charge is 0.462 e. The lowest BCUT2D eigenvalue weighted by molar-refractivity contribution is 0.0533. The number of halogens is 3. The Morgan fingerprint density at radius 1 is 1.30 bits per heavy atom. The van der Waals surface area contributed by atoms with Crippen molar-refractivity contribution in [3.63, 3.8) is 0 Å². The Balaban J connectivity index is 2.48. The zero-order chi connectivity index (χ0) is 14.9. The van der Waals surface area contributed by atoms with E-state index in [1.165, 1.54) is 6.07 Å². The molecule has 0 amide bonds. The number of carbonyl (C=O) groups excluding carboxylic acids is 1. The van der Waals surface area contributed by atoms with E-state index in [4.69, 9.17) is 10.5 Å². The van der Waals surface area contributed by atoms with Crippen molar-refractivity contribution in [2.24, 2.45) is 0 Å². The van der Waals surface area contributed by atoms with Crippen LogP contribution >= 0.6 is 11.3 Å². The van der Waals surface area contributed by atoms with Crippen LogP contribution in [0.25, 0.3) is 10.4 Å². The summed E-state index contributed by atoms with van der Waals surface area (Å²) in [4.78, 5) is 11.9. The molecule has 7 heteroatoms. The van der Waals surface area contributed by atoms with Crippen LogP contribution in [-0.2, 0) is 4.74 Å². The molecular weight excluding hydrogens is 291 g/mol. The van der Waals surface area contributed by atoms with Gasteiger partial charge in [0.15, 0.2) is 17.5 Å². The van der Waals surface area contributed by atoms with Crippen molar-refractivity contribution in [3.05, 3.63) is 40.5 Å². The van der Waals surface area contributed by atoms with Crippen molar-refractivity contribution >= 4 is 23.0 Å². The number of benzene rings is 1. The third-order valence-electron chi connectivity index (χ3n) is 2.52. The maximum absolute atomic E-state index is 13.7. The number of hydrogen-bond donors (Lipinski definition) is 1. The van der Waals surface area contributed by atoms with Gasteiger partial charge in [-0.1, -0.05) is 0 Å². The molecule has 1 aromatic heterocycles. The average molecular weight is 301 g/mol. The fourth-order valence-corrected chi connectivity index (χ4v) is 2.60. The molecule has 2 rings (SSSR count). The van der Waals surface area contributed by atoms with Crippen LogP contribution in [0.2, 0.25) is 0 Å². The van der Waals surface area contributed by atoms with Crippen LogP contribution in [0.5, 0.6) is 0 Å². The van der Waals surface area contributed by atoms with Crippen molar-refractivity contribution in [1.29, 1.82) is 0 Å². The fourth-order valence-electron chi connectivity index (χ4n) is 1.61. The summed E-state index contributed by atoms with van der Waals surface area (Å²) in [5.74, 6) is -4.79. The Labute approximate surface area is 116 Å². The highest BCUT2D eigenvalue weighted by Crippen LogP contribution is 2.36. The van der Waals surface area contributed by atoms with Gasteiger partial charge in [0.1, 0.15) is 4.88 Å². The molecule has 2 aromatic rings. The number of esters is 1. The maximum Gasteiger partial charge on any atom is 0.350 e. The third-order valence-corrected chi connectivity index (χ3v) is 3.69. The van der Waals surface area contributed by atoms with Crippen LogP contribution in [-0.4, -0.2) is 12.6 Å². The molecule has 106 valence electrons. The molecule has 1 aromatic carbocycles. The minimum Gasteiger partial charge on any atom is -0.462 e. The third kappa shape index (κ3) is 2.49. The minimum absolute atomic E-state index is 0.103. The van der Waals surface area contributed by atoms with Gasteiger partial charge in [0.2, 0.25) is 0 Å². The molecule has 0 saturated carbocycles. The van der Waals surface area contributed by atoms with E-state index in [1.54, 1.807) is 6.92 Å². The summed E-state index contributed by atoms with van der Waals surface area (Å²) in [6.07, 6.45) is 0. The van der Waals surface area contributed by atoms with E-state index in [1.807, 2.05) is 0 Å². The number of nitrogens with two attached hydrogens (primary N) is 1. The van der Waals surface area contributed by atoms with Crippen LogP contribution in [0.1, 0.15) is 16.6 Å². The number of anilines is 1. The van der Waals surface area contributed by atoms with Gasteiger partial charge < -0.3 is 10.5 Å². The summed E-state index contributed by atoms with van der Waals surface area (Å²) in [6, 6.07) is 3.23. The maximum atomic E-state index is 13.7. The van der Waals surface area contributed by atoms with Gasteiger partial charge in [0, 0.05) is 10.4 Å². The van der Waals surface area contributed by atoms with Gasteiger partial charge in [-0.05, 0) is 25.1 Å². The van der Waals surface area contributed by atoms with E-state index in [2.05, 4.69) is 0 Å². The molecule has 0 atom stereocenters. The Bertz CT molecular complexity index is 670. The van der Waals surface area contributed by atoms with Crippen molar-refractivity contribution in [3.8, 4) is 10.4 Å². The molecule has 0 aliphatic rings. The van der Waals surface area contributed by atoms with Crippen molar-refractivity contribution in [2.75, 3.05) is 12.3 Å². The Kier molecular flexibility index (Phi) is 3.99. The second kappa shape index (κ2) is 5.54. The van der Waals surface area contributed by atoms with Gasteiger partial charge in [-0.3, -0.25) is 0 Å². The first-order chi connectivity index (χ1) is 9.45. The van der Waals surface area contributed by atoms with E-state index in [-0.39, 0.29) is 27.6 Å². The van der Waals surface area contributed by atoms with Gasteiger partial charge in [0.25, 0.3) is 0 Å². The lowest BCUT2D eigenvalue weighted by Gasteiger charge is -2.01. The molecule has 2 N–H and O–H groups in total. The van der Waals surface area contributed by atoms with Crippen LogP contribution < -0.4 is 5.73 Å². The number of carbonyl (C=O) groups is 1. The SMILES string of the molecule is CCOC(=O)c1sc(-c2ccc(F)c(F)c2F)cc1N. The summed E-state index contributed by atoms with van der Waals surface area (Å²) in [6.45, 7) is 1.81. The summed E-state index contributed by atoms with van der Waals surface area (Å²) in [5, 5.41) is 0. The highest BCUT2D eigenvalue weighted by atomic mass is 32.1. The van der Waals surface area contributed by atoms with Crippen LogP contribution in [0.3, 0.4) is 0 Å². The quantitative estimate of drug-likeness (QED) is 0.696. The minimum atomic E-state index is -1.56. The first-order valence-electron chi connectivity index (χ1n) is 5.66. The Hall–Kier alpha value is -2.02. The summed E-state index contributed by atoms with van der Waals surface area (Å²) < 4.78 is 44.5. The first kappa shape index (κ1) is 14.4. The first-order valence-corrected chi connectivity index (χ1v) is 6.47.